The van der Waals surface area contributed by atoms with Crippen molar-refractivity contribution >= 4 is 35.4 Å². The fraction of sp³-hybridized carbons (Fsp3) is 0.538. The summed E-state index contributed by atoms with van der Waals surface area (Å²) in [4.78, 5) is 76.3. The van der Waals surface area contributed by atoms with E-state index < -0.39 is 23.9 Å². The van der Waals surface area contributed by atoms with Gasteiger partial charge in [0.25, 0.3) is 5.97 Å². The normalized spacial score (nSPS) is 15.8. The number of hydrogen-bond donors (Lipinski definition) is 5. The molecule has 0 radical (unpaired) electrons. The zero-order chi connectivity index (χ0) is 39.9. The highest BCUT2D eigenvalue weighted by Crippen LogP contribution is 2.11. The number of carbonyl (C=O) groups excluding carboxylic acids is 2. The Bertz CT molecular complexity index is 1440. The van der Waals surface area contributed by atoms with Gasteiger partial charge in [0.05, 0.1) is 32.2 Å². The van der Waals surface area contributed by atoms with Crippen LogP contribution in [0.5, 0.6) is 0 Å². The first-order valence-electron chi connectivity index (χ1n) is 18.4. The molecule has 1 aliphatic heterocycles. The third kappa shape index (κ3) is 20.6. The van der Waals surface area contributed by atoms with Crippen molar-refractivity contribution in [2.75, 3.05) is 78.5 Å². The summed E-state index contributed by atoms with van der Waals surface area (Å²) >= 11 is 0. The Morgan fingerprint density at radius 3 is 1.39 bits per heavy atom. The lowest BCUT2D eigenvalue weighted by Gasteiger charge is -2.32. The molecule has 0 bridgehead atoms. The molecule has 1 saturated heterocycles. The zero-order valence-electron chi connectivity index (χ0n) is 31.5. The molecule has 298 valence electrons. The van der Waals surface area contributed by atoms with Gasteiger partial charge in [-0.25, -0.2) is 0 Å². The van der Waals surface area contributed by atoms with Gasteiger partial charge in [-0.1, -0.05) is 61.5 Å². The van der Waals surface area contributed by atoms with Crippen molar-refractivity contribution in [3.63, 3.8) is 0 Å². The number of ketones is 2. The highest BCUT2D eigenvalue weighted by atomic mass is 16.4. The monoisotopic (exact) mass is 755 g/mol. The number of hydrogen-bond acceptors (Lipinski definition) is 11. The highest BCUT2D eigenvalue weighted by molar-refractivity contribution is 5.83. The summed E-state index contributed by atoms with van der Waals surface area (Å²) in [5.74, 6) is -3.59. The Balaban J connectivity index is 0.00000239. The molecule has 0 aliphatic carbocycles. The van der Waals surface area contributed by atoms with Crippen LogP contribution in [0.25, 0.3) is 0 Å². The van der Waals surface area contributed by atoms with Crippen molar-refractivity contribution < 1.29 is 49.2 Å². The van der Waals surface area contributed by atoms with E-state index in [0.29, 0.717) is 78.2 Å². The summed E-state index contributed by atoms with van der Waals surface area (Å²) in [6.45, 7) is 5.90. The second-order valence-electron chi connectivity index (χ2n) is 13.4. The lowest BCUT2D eigenvalue weighted by atomic mass is 10.0. The average Bonchev–Trinajstić information content (AvgIpc) is 3.11. The first kappa shape index (κ1) is 45.6. The molecule has 1 atom stereocenters. The fourth-order valence-corrected chi connectivity index (χ4v) is 6.04. The maximum absolute atomic E-state index is 13.2. The molecule has 1 fully saturated rings. The van der Waals surface area contributed by atoms with Gasteiger partial charge in [0, 0.05) is 78.7 Å². The van der Waals surface area contributed by atoms with Gasteiger partial charge in [0.2, 0.25) is 0 Å². The Labute approximate surface area is 317 Å². The van der Waals surface area contributed by atoms with Crippen LogP contribution in [0.1, 0.15) is 49.8 Å². The van der Waals surface area contributed by atoms with Crippen LogP contribution in [-0.2, 0) is 48.2 Å². The van der Waals surface area contributed by atoms with Gasteiger partial charge < -0.3 is 25.7 Å². The number of nitrogens with zero attached hydrogens (tertiary/aromatic N) is 4. The van der Waals surface area contributed by atoms with Gasteiger partial charge in [0.15, 0.2) is 0 Å². The first-order valence-corrected chi connectivity index (χ1v) is 18.4. The summed E-state index contributed by atoms with van der Waals surface area (Å²) in [5, 5.41) is 39.1. The molecule has 3 rings (SSSR count). The molecule has 15 nitrogen and oxygen atoms in total. The smallest absolute Gasteiger partial charge is 0.317 e. The lowest BCUT2D eigenvalue weighted by Crippen LogP contribution is -2.49. The van der Waals surface area contributed by atoms with Gasteiger partial charge in [-0.2, -0.15) is 0 Å². The Hall–Kier alpha value is -4.54. The van der Waals surface area contributed by atoms with Crippen molar-refractivity contribution in [2.45, 2.75) is 58.5 Å². The van der Waals surface area contributed by atoms with Crippen LogP contribution in [0.3, 0.4) is 0 Å². The third-order valence-electron chi connectivity index (χ3n) is 8.98. The summed E-state index contributed by atoms with van der Waals surface area (Å²) in [6.07, 6.45) is 2.91. The first-order chi connectivity index (χ1) is 25.7. The molecule has 2 aromatic rings. The van der Waals surface area contributed by atoms with Gasteiger partial charge in [-0.15, -0.1) is 0 Å². The van der Waals surface area contributed by atoms with Crippen LogP contribution in [0.4, 0.5) is 0 Å². The van der Waals surface area contributed by atoms with Gasteiger partial charge in [-0.3, -0.25) is 48.4 Å². The molecule has 0 saturated carbocycles. The van der Waals surface area contributed by atoms with Gasteiger partial charge in [-0.05, 0) is 36.0 Å². The van der Waals surface area contributed by atoms with E-state index in [2.05, 4.69) is 17.4 Å². The predicted octanol–water partition coefficient (Wildman–Crippen LogP) is 1.82. The van der Waals surface area contributed by atoms with Crippen LogP contribution in [0.15, 0.2) is 54.6 Å². The van der Waals surface area contributed by atoms with Crippen molar-refractivity contribution in [3.05, 3.63) is 71.3 Å². The maximum atomic E-state index is 13.2. The second-order valence-corrected chi connectivity index (χ2v) is 13.4. The molecular formula is C39H57N5O10. The van der Waals surface area contributed by atoms with E-state index in [9.17, 15) is 39.3 Å². The molecule has 1 heterocycles. The van der Waals surface area contributed by atoms with E-state index in [-0.39, 0.29) is 43.8 Å². The van der Waals surface area contributed by atoms with E-state index in [1.807, 2.05) is 54.3 Å². The molecule has 5 N–H and O–H groups in total. The number of rotatable bonds is 19. The van der Waals surface area contributed by atoms with E-state index in [4.69, 9.17) is 9.90 Å². The van der Waals surface area contributed by atoms with Crippen molar-refractivity contribution in [2.24, 2.45) is 0 Å². The van der Waals surface area contributed by atoms with Crippen LogP contribution < -0.4 is 5.32 Å². The number of aryl methyl sites for hydroxylation is 2. The van der Waals surface area contributed by atoms with E-state index >= 15 is 0 Å². The van der Waals surface area contributed by atoms with Crippen LogP contribution >= 0.6 is 0 Å². The molecule has 0 unspecified atom stereocenters. The Morgan fingerprint density at radius 2 is 0.981 bits per heavy atom. The van der Waals surface area contributed by atoms with Crippen LogP contribution in [0.2, 0.25) is 0 Å². The van der Waals surface area contributed by atoms with Crippen molar-refractivity contribution in [3.8, 4) is 0 Å². The van der Waals surface area contributed by atoms with Gasteiger partial charge in [0.1, 0.15) is 11.6 Å². The SMILES string of the molecule is CC(=O)O.CCC(=O)[C@@H](CCc1ccccc1)NCc1ccc(CCC(=O)CN2CCN(CC(=O)O)CCN(CC(=O)O)CCN(CC(=O)O)CC2)cc1. The number of benzene rings is 2. The molecule has 54 heavy (non-hydrogen) atoms. The average molecular weight is 756 g/mol. The quantitative estimate of drug-likeness (QED) is 0.139. The van der Waals surface area contributed by atoms with E-state index in [1.54, 1.807) is 14.7 Å². The summed E-state index contributed by atoms with van der Waals surface area (Å²) in [5.41, 5.74) is 3.28. The minimum absolute atomic E-state index is 0.0318. The van der Waals surface area contributed by atoms with Crippen LogP contribution in [0, 0.1) is 0 Å². The number of aliphatic carboxylic acids is 4. The largest absolute Gasteiger partial charge is 0.481 e. The third-order valence-corrected chi connectivity index (χ3v) is 8.98. The topological polar surface area (TPSA) is 208 Å². The van der Waals surface area contributed by atoms with E-state index in [0.717, 1.165) is 30.9 Å². The molecule has 2 aromatic carbocycles. The Kier molecular flexibility index (Phi) is 21.5. The molecule has 0 aromatic heterocycles. The lowest BCUT2D eigenvalue weighted by molar-refractivity contribution is -0.140. The predicted molar refractivity (Wildman–Crippen MR) is 202 cm³/mol. The number of nitrogens with one attached hydrogen (secondary N) is 1. The standard InChI is InChI=1S/C37H53N5O8.C2H4O2/c1-2-34(44)33(15-13-29-6-4-3-5-7-29)38-24-31-10-8-30(9-11-31)12-14-32(43)25-39-16-18-40(26-35(45)46)20-22-42(28-37(49)50)23-21-41(19-17-39)27-36(47)48;1-2(3)4/h3-11,33,38H,2,12-28H2,1H3,(H,45,46)(H,47,48)(H,49,50);1H3,(H,3,4)/t33-;/m1./s1. The van der Waals surface area contributed by atoms with Crippen molar-refractivity contribution in [1.29, 1.82) is 0 Å². The highest BCUT2D eigenvalue weighted by Gasteiger charge is 2.21. The van der Waals surface area contributed by atoms with Crippen LogP contribution in [-0.4, -0.2) is 160 Å². The molecule has 0 spiro atoms. The summed E-state index contributed by atoms with van der Waals surface area (Å²) in [7, 11) is 0. The number of carbonyl (C=O) groups is 6. The van der Waals surface area contributed by atoms with Gasteiger partial charge >= 0.3 is 17.9 Å². The number of carboxylic acid groups (broad SMARTS) is 4. The zero-order valence-corrected chi connectivity index (χ0v) is 31.5. The number of carboxylic acids is 4. The number of Topliss-reactive ketones (excluding diaryl/α,β-unsaturated/α-hetero) is 2. The minimum Gasteiger partial charge on any atom is -0.481 e. The van der Waals surface area contributed by atoms with E-state index in [1.165, 1.54) is 5.56 Å². The maximum Gasteiger partial charge on any atom is 0.317 e. The summed E-state index contributed by atoms with van der Waals surface area (Å²) < 4.78 is 0. The van der Waals surface area contributed by atoms with Crippen molar-refractivity contribution in [1.82, 2.24) is 24.9 Å². The molecular weight excluding hydrogens is 698 g/mol. The summed E-state index contributed by atoms with van der Waals surface area (Å²) in [6, 6.07) is 17.9. The second kappa shape index (κ2) is 25.5. The molecule has 0 amide bonds. The molecule has 1 aliphatic rings. The minimum atomic E-state index is -1.01. The fourth-order valence-electron chi connectivity index (χ4n) is 6.04. The molecule has 15 heteroatoms. The Morgan fingerprint density at radius 1 is 0.593 bits per heavy atom.